The number of likely N-dealkylation sites (N-methyl/N-ethyl adjacent to an activating group) is 1. The Morgan fingerprint density at radius 3 is 2.33 bits per heavy atom. The van der Waals surface area contributed by atoms with Crippen LogP contribution in [0.3, 0.4) is 0 Å². The maximum atomic E-state index is 9.43. The van der Waals surface area contributed by atoms with Gasteiger partial charge in [0.1, 0.15) is 0 Å². The molecule has 0 aromatic heterocycles. The van der Waals surface area contributed by atoms with Crippen molar-refractivity contribution in [3.05, 3.63) is 23.8 Å². The van der Waals surface area contributed by atoms with Crippen LogP contribution in [0.5, 0.6) is 11.5 Å². The average molecular weight is 252 g/mol. The Bertz CT molecular complexity index is 378. The Hall–Kier alpha value is -1.26. The number of aromatic hydroxyl groups is 2. The van der Waals surface area contributed by atoms with Crippen molar-refractivity contribution in [2.45, 2.75) is 26.4 Å². The monoisotopic (exact) mass is 252 g/mol. The number of rotatable bonds is 6. The summed E-state index contributed by atoms with van der Waals surface area (Å²) in [5, 5.41) is 22.2. The zero-order valence-corrected chi connectivity index (χ0v) is 11.6. The molecule has 1 aromatic rings. The number of nitrogens with one attached hydrogen (secondary N) is 1. The number of nitrogens with zero attached hydrogens (tertiary/aromatic N) is 1. The lowest BCUT2D eigenvalue weighted by Gasteiger charge is -2.25. The van der Waals surface area contributed by atoms with Crippen LogP contribution in [0.25, 0.3) is 0 Å². The van der Waals surface area contributed by atoms with E-state index in [1.54, 1.807) is 6.07 Å². The van der Waals surface area contributed by atoms with Gasteiger partial charge in [-0.25, -0.2) is 0 Å². The predicted octanol–water partition coefficient (Wildman–Crippen LogP) is 1.77. The Morgan fingerprint density at radius 2 is 1.83 bits per heavy atom. The molecule has 0 saturated heterocycles. The van der Waals surface area contributed by atoms with Crippen molar-refractivity contribution >= 4 is 0 Å². The van der Waals surface area contributed by atoms with Crippen LogP contribution in [0.1, 0.15) is 19.4 Å². The molecule has 0 amide bonds. The summed E-state index contributed by atoms with van der Waals surface area (Å²) in [6.45, 7) is 6.04. The third kappa shape index (κ3) is 4.55. The molecule has 0 spiro atoms. The smallest absolute Gasteiger partial charge is 0.157 e. The highest BCUT2D eigenvalue weighted by Gasteiger charge is 2.13. The summed E-state index contributed by atoms with van der Waals surface area (Å²) in [5.41, 5.74) is 0.967. The second-order valence-electron chi connectivity index (χ2n) is 5.32. The minimum atomic E-state index is -0.0764. The highest BCUT2D eigenvalue weighted by Crippen LogP contribution is 2.24. The topological polar surface area (TPSA) is 55.7 Å². The fourth-order valence-electron chi connectivity index (χ4n) is 1.83. The number of phenols is 2. The SMILES string of the molecule is CC(C)C(CN(C)C)NCc1ccc(O)c(O)c1. The molecular formula is C14H24N2O2. The van der Waals surface area contributed by atoms with Gasteiger partial charge < -0.3 is 20.4 Å². The van der Waals surface area contributed by atoms with Crippen molar-refractivity contribution in [3.8, 4) is 11.5 Å². The lowest BCUT2D eigenvalue weighted by Crippen LogP contribution is -2.41. The van der Waals surface area contributed by atoms with Gasteiger partial charge in [-0.1, -0.05) is 19.9 Å². The molecule has 4 heteroatoms. The molecule has 102 valence electrons. The van der Waals surface area contributed by atoms with Gasteiger partial charge in [0.2, 0.25) is 0 Å². The van der Waals surface area contributed by atoms with Crippen molar-refractivity contribution < 1.29 is 10.2 Å². The molecule has 0 radical (unpaired) electrons. The molecular weight excluding hydrogens is 228 g/mol. The summed E-state index contributed by atoms with van der Waals surface area (Å²) in [7, 11) is 4.12. The average Bonchev–Trinajstić information content (AvgIpc) is 2.28. The van der Waals surface area contributed by atoms with Crippen LogP contribution < -0.4 is 5.32 Å². The normalized spacial score (nSPS) is 13.2. The van der Waals surface area contributed by atoms with Crippen molar-refractivity contribution in [3.63, 3.8) is 0 Å². The summed E-state index contributed by atoms with van der Waals surface area (Å²) < 4.78 is 0. The van der Waals surface area contributed by atoms with Gasteiger partial charge in [0, 0.05) is 19.1 Å². The van der Waals surface area contributed by atoms with E-state index in [-0.39, 0.29) is 11.5 Å². The maximum absolute atomic E-state index is 9.43. The molecule has 0 heterocycles. The van der Waals surface area contributed by atoms with Crippen molar-refractivity contribution in [1.82, 2.24) is 10.2 Å². The van der Waals surface area contributed by atoms with Crippen LogP contribution in [0.2, 0.25) is 0 Å². The summed E-state index contributed by atoms with van der Waals surface area (Å²) in [6.07, 6.45) is 0. The minimum absolute atomic E-state index is 0.0667. The standard InChI is InChI=1S/C14H24N2O2/c1-10(2)12(9-16(3)4)15-8-11-5-6-13(17)14(18)7-11/h5-7,10,12,15,17-18H,8-9H2,1-4H3. The van der Waals surface area contributed by atoms with Gasteiger partial charge in [0.05, 0.1) is 0 Å². The van der Waals surface area contributed by atoms with Crippen molar-refractivity contribution in [1.29, 1.82) is 0 Å². The van der Waals surface area contributed by atoms with Crippen LogP contribution in [0.15, 0.2) is 18.2 Å². The first kappa shape index (κ1) is 14.8. The Morgan fingerprint density at radius 1 is 1.17 bits per heavy atom. The first-order valence-electron chi connectivity index (χ1n) is 6.29. The van der Waals surface area contributed by atoms with Crippen LogP contribution in [-0.4, -0.2) is 41.8 Å². The van der Waals surface area contributed by atoms with Gasteiger partial charge >= 0.3 is 0 Å². The van der Waals surface area contributed by atoms with Gasteiger partial charge in [-0.2, -0.15) is 0 Å². The second-order valence-corrected chi connectivity index (χ2v) is 5.32. The van der Waals surface area contributed by atoms with Crippen LogP contribution in [-0.2, 0) is 6.54 Å². The molecule has 18 heavy (non-hydrogen) atoms. The molecule has 0 bridgehead atoms. The molecule has 1 unspecified atom stereocenters. The van der Waals surface area contributed by atoms with E-state index < -0.39 is 0 Å². The number of hydrogen-bond donors (Lipinski definition) is 3. The predicted molar refractivity (Wildman–Crippen MR) is 73.8 cm³/mol. The highest BCUT2D eigenvalue weighted by atomic mass is 16.3. The molecule has 0 fully saturated rings. The Labute approximate surface area is 109 Å². The van der Waals surface area contributed by atoms with E-state index in [9.17, 15) is 10.2 Å². The van der Waals surface area contributed by atoms with E-state index in [0.717, 1.165) is 12.1 Å². The zero-order chi connectivity index (χ0) is 13.7. The van der Waals surface area contributed by atoms with Gasteiger partial charge in [-0.15, -0.1) is 0 Å². The molecule has 1 rings (SSSR count). The van der Waals surface area contributed by atoms with E-state index >= 15 is 0 Å². The lowest BCUT2D eigenvalue weighted by molar-refractivity contribution is 0.288. The number of hydrogen-bond acceptors (Lipinski definition) is 4. The molecule has 4 nitrogen and oxygen atoms in total. The quantitative estimate of drug-likeness (QED) is 0.675. The summed E-state index contributed by atoms with van der Waals surface area (Å²) >= 11 is 0. The molecule has 0 aliphatic rings. The Balaban J connectivity index is 2.58. The largest absolute Gasteiger partial charge is 0.504 e. The zero-order valence-electron chi connectivity index (χ0n) is 11.6. The third-order valence-electron chi connectivity index (χ3n) is 2.97. The molecule has 1 aromatic carbocycles. The molecule has 1 atom stereocenters. The van der Waals surface area contributed by atoms with E-state index in [1.807, 2.05) is 6.07 Å². The minimum Gasteiger partial charge on any atom is -0.504 e. The third-order valence-corrected chi connectivity index (χ3v) is 2.97. The molecule has 3 N–H and O–H groups in total. The first-order valence-corrected chi connectivity index (χ1v) is 6.29. The van der Waals surface area contributed by atoms with Gasteiger partial charge in [0.15, 0.2) is 11.5 Å². The summed E-state index contributed by atoms with van der Waals surface area (Å²) in [5.74, 6) is 0.397. The first-order chi connectivity index (χ1) is 8.40. The van der Waals surface area contributed by atoms with E-state index in [0.29, 0.717) is 18.5 Å². The number of benzene rings is 1. The van der Waals surface area contributed by atoms with E-state index in [1.165, 1.54) is 6.07 Å². The second kappa shape index (κ2) is 6.61. The fourth-order valence-corrected chi connectivity index (χ4v) is 1.83. The molecule has 0 saturated carbocycles. The van der Waals surface area contributed by atoms with Crippen molar-refractivity contribution in [2.24, 2.45) is 5.92 Å². The van der Waals surface area contributed by atoms with Gasteiger partial charge in [-0.3, -0.25) is 0 Å². The van der Waals surface area contributed by atoms with Crippen LogP contribution in [0, 0.1) is 5.92 Å². The van der Waals surface area contributed by atoms with Crippen LogP contribution >= 0.6 is 0 Å². The van der Waals surface area contributed by atoms with Gasteiger partial charge in [-0.05, 0) is 37.7 Å². The Kier molecular flexibility index (Phi) is 5.44. The summed E-state index contributed by atoms with van der Waals surface area (Å²) in [6, 6.07) is 5.32. The maximum Gasteiger partial charge on any atom is 0.157 e. The lowest BCUT2D eigenvalue weighted by atomic mass is 10.0. The highest BCUT2D eigenvalue weighted by molar-refractivity contribution is 5.40. The van der Waals surface area contributed by atoms with Crippen molar-refractivity contribution in [2.75, 3.05) is 20.6 Å². The van der Waals surface area contributed by atoms with Gasteiger partial charge in [0.25, 0.3) is 0 Å². The van der Waals surface area contributed by atoms with E-state index in [4.69, 9.17) is 0 Å². The number of phenolic OH excluding ortho intramolecular Hbond substituents is 2. The van der Waals surface area contributed by atoms with E-state index in [2.05, 4.69) is 38.2 Å². The molecule has 0 aliphatic heterocycles. The van der Waals surface area contributed by atoms with Crippen LogP contribution in [0.4, 0.5) is 0 Å². The fraction of sp³-hybridized carbons (Fsp3) is 0.571. The molecule has 0 aliphatic carbocycles. The summed E-state index contributed by atoms with van der Waals surface area (Å²) in [4.78, 5) is 2.16.